The van der Waals surface area contributed by atoms with Crippen LogP contribution >= 0.6 is 0 Å². The first-order valence-corrected chi connectivity index (χ1v) is 7.04. The van der Waals surface area contributed by atoms with E-state index in [1.807, 2.05) is 31.2 Å². The summed E-state index contributed by atoms with van der Waals surface area (Å²) in [7, 11) is 1.39. The van der Waals surface area contributed by atoms with Crippen LogP contribution in [0.2, 0.25) is 0 Å². The van der Waals surface area contributed by atoms with E-state index in [4.69, 9.17) is 4.74 Å². The lowest BCUT2D eigenvalue weighted by Crippen LogP contribution is -2.10. The van der Waals surface area contributed by atoms with E-state index < -0.39 is 0 Å². The highest BCUT2D eigenvalue weighted by molar-refractivity contribution is 5.90. The van der Waals surface area contributed by atoms with Gasteiger partial charge in [-0.3, -0.25) is 0 Å². The maximum absolute atomic E-state index is 11.6. The third kappa shape index (κ3) is 3.43. The van der Waals surface area contributed by atoms with Crippen molar-refractivity contribution in [1.29, 1.82) is 0 Å². The Balaban J connectivity index is 2.27. The molecule has 0 spiro atoms. The molecule has 2 aromatic rings. The van der Waals surface area contributed by atoms with Crippen LogP contribution in [0.25, 0.3) is 0 Å². The molecule has 3 nitrogen and oxygen atoms in total. The van der Waals surface area contributed by atoms with E-state index in [2.05, 4.69) is 31.3 Å². The van der Waals surface area contributed by atoms with E-state index in [9.17, 15) is 4.79 Å². The molecule has 0 aromatic heterocycles. The van der Waals surface area contributed by atoms with Crippen molar-refractivity contribution in [2.24, 2.45) is 0 Å². The van der Waals surface area contributed by atoms with Crippen LogP contribution in [0.15, 0.2) is 42.5 Å². The average molecular weight is 283 g/mol. The molecule has 2 aromatic carbocycles. The van der Waals surface area contributed by atoms with E-state index >= 15 is 0 Å². The number of rotatable bonds is 4. The van der Waals surface area contributed by atoms with Crippen molar-refractivity contribution in [3.05, 3.63) is 64.7 Å². The molecule has 110 valence electrons. The van der Waals surface area contributed by atoms with Crippen molar-refractivity contribution >= 4 is 11.7 Å². The van der Waals surface area contributed by atoms with Crippen molar-refractivity contribution in [1.82, 2.24) is 0 Å². The lowest BCUT2D eigenvalue weighted by atomic mass is 10.0. The molecule has 0 amide bonds. The Morgan fingerprint density at radius 1 is 1.10 bits per heavy atom. The van der Waals surface area contributed by atoms with Crippen LogP contribution in [0, 0.1) is 13.8 Å². The number of benzene rings is 2. The maximum atomic E-state index is 11.6. The Bertz CT molecular complexity index is 649. The van der Waals surface area contributed by atoms with Crippen molar-refractivity contribution in [2.45, 2.75) is 26.8 Å². The molecule has 0 saturated heterocycles. The maximum Gasteiger partial charge on any atom is 0.337 e. The topological polar surface area (TPSA) is 38.3 Å². The molecule has 0 aliphatic heterocycles. The molecule has 0 radical (unpaired) electrons. The first kappa shape index (κ1) is 15.1. The van der Waals surface area contributed by atoms with Crippen LogP contribution in [-0.2, 0) is 4.74 Å². The summed E-state index contributed by atoms with van der Waals surface area (Å²) in [6.07, 6.45) is 0. The Labute approximate surface area is 126 Å². The fourth-order valence-electron chi connectivity index (χ4n) is 2.41. The standard InChI is InChI=1S/C18H21NO2/c1-12-7-5-6-8-16(12)14(3)19-17-11-15(18(20)21-4)10-9-13(17)2/h5-11,14,19H,1-4H3. The van der Waals surface area contributed by atoms with E-state index in [-0.39, 0.29) is 12.0 Å². The highest BCUT2D eigenvalue weighted by Crippen LogP contribution is 2.25. The molecular weight excluding hydrogens is 262 g/mol. The SMILES string of the molecule is COC(=O)c1ccc(C)c(NC(C)c2ccccc2C)c1. The molecule has 0 heterocycles. The third-order valence-electron chi connectivity index (χ3n) is 3.69. The Hall–Kier alpha value is -2.29. The number of carbonyl (C=O) groups excluding carboxylic acids is 1. The second-order valence-corrected chi connectivity index (χ2v) is 5.24. The van der Waals surface area contributed by atoms with Gasteiger partial charge in [0.15, 0.2) is 0 Å². The number of carbonyl (C=O) groups is 1. The molecule has 2 rings (SSSR count). The van der Waals surface area contributed by atoms with E-state index in [0.717, 1.165) is 11.3 Å². The van der Waals surface area contributed by atoms with Gasteiger partial charge < -0.3 is 10.1 Å². The van der Waals surface area contributed by atoms with Gasteiger partial charge in [-0.15, -0.1) is 0 Å². The van der Waals surface area contributed by atoms with E-state index in [1.165, 1.54) is 18.2 Å². The lowest BCUT2D eigenvalue weighted by Gasteiger charge is -2.19. The fourth-order valence-corrected chi connectivity index (χ4v) is 2.41. The monoisotopic (exact) mass is 283 g/mol. The Kier molecular flexibility index (Phi) is 4.63. The van der Waals surface area contributed by atoms with Gasteiger partial charge in [0.2, 0.25) is 0 Å². The van der Waals surface area contributed by atoms with Crippen molar-refractivity contribution in [3.63, 3.8) is 0 Å². The summed E-state index contributed by atoms with van der Waals surface area (Å²) >= 11 is 0. The molecule has 21 heavy (non-hydrogen) atoms. The number of methoxy groups -OCH3 is 1. The minimum atomic E-state index is -0.318. The summed E-state index contributed by atoms with van der Waals surface area (Å²) in [4.78, 5) is 11.6. The number of anilines is 1. The molecule has 0 bridgehead atoms. The number of ether oxygens (including phenoxy) is 1. The lowest BCUT2D eigenvalue weighted by molar-refractivity contribution is 0.0601. The molecule has 1 atom stereocenters. The van der Waals surface area contributed by atoms with Gasteiger partial charge in [0.25, 0.3) is 0 Å². The quantitative estimate of drug-likeness (QED) is 0.852. The second-order valence-electron chi connectivity index (χ2n) is 5.24. The van der Waals surface area contributed by atoms with Crippen molar-refractivity contribution in [2.75, 3.05) is 12.4 Å². The van der Waals surface area contributed by atoms with Gasteiger partial charge >= 0.3 is 5.97 Å². The summed E-state index contributed by atoms with van der Waals surface area (Å²) in [6.45, 7) is 6.24. The van der Waals surface area contributed by atoms with Crippen LogP contribution < -0.4 is 5.32 Å². The van der Waals surface area contributed by atoms with Gasteiger partial charge in [0.1, 0.15) is 0 Å². The molecule has 0 aliphatic carbocycles. The first-order valence-electron chi connectivity index (χ1n) is 7.04. The predicted molar refractivity (Wildman–Crippen MR) is 85.7 cm³/mol. The summed E-state index contributed by atoms with van der Waals surface area (Å²) in [5.41, 5.74) is 5.11. The second kappa shape index (κ2) is 6.44. The molecule has 0 aliphatic rings. The highest BCUT2D eigenvalue weighted by Gasteiger charge is 2.12. The molecule has 3 heteroatoms. The molecule has 0 saturated carbocycles. The Morgan fingerprint density at radius 3 is 2.48 bits per heavy atom. The third-order valence-corrected chi connectivity index (χ3v) is 3.69. The van der Waals surface area contributed by atoms with Gasteiger partial charge in [0, 0.05) is 11.7 Å². The summed E-state index contributed by atoms with van der Waals surface area (Å²) in [6, 6.07) is 14.0. The van der Waals surface area contributed by atoms with Crippen LogP contribution in [0.4, 0.5) is 5.69 Å². The number of hydrogen-bond donors (Lipinski definition) is 1. The van der Waals surface area contributed by atoms with E-state index in [0.29, 0.717) is 5.56 Å². The van der Waals surface area contributed by atoms with Gasteiger partial charge in [-0.2, -0.15) is 0 Å². The fraction of sp³-hybridized carbons (Fsp3) is 0.278. The summed E-state index contributed by atoms with van der Waals surface area (Å²) in [5.74, 6) is -0.318. The summed E-state index contributed by atoms with van der Waals surface area (Å²) in [5, 5.41) is 3.48. The van der Waals surface area contributed by atoms with Crippen LogP contribution in [-0.4, -0.2) is 13.1 Å². The molecule has 1 unspecified atom stereocenters. The normalized spacial score (nSPS) is 11.8. The van der Waals surface area contributed by atoms with Crippen LogP contribution in [0.3, 0.4) is 0 Å². The van der Waals surface area contributed by atoms with Crippen LogP contribution in [0.1, 0.15) is 40.0 Å². The molecular formula is C18H21NO2. The summed E-state index contributed by atoms with van der Waals surface area (Å²) < 4.78 is 4.77. The Morgan fingerprint density at radius 2 is 1.81 bits per heavy atom. The smallest absolute Gasteiger partial charge is 0.337 e. The van der Waals surface area contributed by atoms with Gasteiger partial charge in [-0.25, -0.2) is 4.79 Å². The number of esters is 1. The zero-order valence-corrected chi connectivity index (χ0v) is 12.9. The molecule has 1 N–H and O–H groups in total. The van der Waals surface area contributed by atoms with Crippen molar-refractivity contribution in [3.8, 4) is 0 Å². The largest absolute Gasteiger partial charge is 0.465 e. The van der Waals surface area contributed by atoms with E-state index in [1.54, 1.807) is 6.07 Å². The predicted octanol–water partition coefficient (Wildman–Crippen LogP) is 4.26. The minimum absolute atomic E-state index is 0.165. The van der Waals surface area contributed by atoms with Gasteiger partial charge in [0.05, 0.1) is 12.7 Å². The minimum Gasteiger partial charge on any atom is -0.465 e. The van der Waals surface area contributed by atoms with Gasteiger partial charge in [-0.05, 0) is 49.6 Å². The zero-order chi connectivity index (χ0) is 15.4. The number of hydrogen-bond acceptors (Lipinski definition) is 3. The first-order chi connectivity index (χ1) is 10.0. The average Bonchev–Trinajstić information content (AvgIpc) is 2.49. The number of nitrogens with one attached hydrogen (secondary N) is 1. The number of aryl methyl sites for hydroxylation is 2. The van der Waals surface area contributed by atoms with Crippen LogP contribution in [0.5, 0.6) is 0 Å². The highest BCUT2D eigenvalue weighted by atomic mass is 16.5. The van der Waals surface area contributed by atoms with Crippen molar-refractivity contribution < 1.29 is 9.53 Å². The van der Waals surface area contributed by atoms with Gasteiger partial charge in [-0.1, -0.05) is 30.3 Å². The zero-order valence-electron chi connectivity index (χ0n) is 12.9. The molecule has 0 fully saturated rings.